The van der Waals surface area contributed by atoms with E-state index in [0.29, 0.717) is 24.2 Å². The van der Waals surface area contributed by atoms with E-state index in [1.807, 2.05) is 0 Å². The molecule has 0 radical (unpaired) electrons. The summed E-state index contributed by atoms with van der Waals surface area (Å²) in [6.07, 6.45) is 1.84. The van der Waals surface area contributed by atoms with Crippen molar-refractivity contribution in [2.75, 3.05) is 6.54 Å². The number of aromatic amines is 1. The average molecular weight is 465 g/mol. The summed E-state index contributed by atoms with van der Waals surface area (Å²) in [6.45, 7) is 5.24. The maximum Gasteiger partial charge on any atom is 0.329 e. The van der Waals surface area contributed by atoms with Crippen LogP contribution in [-0.2, 0) is 30.8 Å². The summed E-state index contributed by atoms with van der Waals surface area (Å²) in [6, 6.07) is 4.31. The number of hydrogen-bond donors (Lipinski definition) is 3. The number of nitrogens with one attached hydrogen (secondary N) is 2. The molecular formula is C21H28N4O6S. The van der Waals surface area contributed by atoms with Gasteiger partial charge in [-0.2, -0.15) is 4.31 Å². The first-order valence-electron chi connectivity index (χ1n) is 10.4. The normalized spacial score (nSPS) is 17.9. The van der Waals surface area contributed by atoms with Gasteiger partial charge in [-0.3, -0.25) is 4.79 Å². The summed E-state index contributed by atoms with van der Waals surface area (Å²) in [4.78, 5) is 32.4. The number of aromatic nitrogens is 2. The number of sulfonamides is 1. The van der Waals surface area contributed by atoms with E-state index >= 15 is 0 Å². The molecule has 1 aromatic heterocycles. The monoisotopic (exact) mass is 464 g/mol. The van der Waals surface area contributed by atoms with Gasteiger partial charge >= 0.3 is 5.97 Å². The molecule has 3 rings (SSSR count). The lowest BCUT2D eigenvalue weighted by molar-refractivity contribution is -0.151. The highest BCUT2D eigenvalue weighted by molar-refractivity contribution is 7.89. The number of aromatic hydroxyl groups is 1. The third-order valence-corrected chi connectivity index (χ3v) is 6.92. The number of esters is 1. The highest BCUT2D eigenvalue weighted by Crippen LogP contribution is 2.25. The molecule has 3 N–H and O–H groups in total. The van der Waals surface area contributed by atoms with E-state index in [9.17, 15) is 23.1 Å². The molecule has 2 atom stereocenters. The van der Waals surface area contributed by atoms with E-state index in [1.165, 1.54) is 18.3 Å². The van der Waals surface area contributed by atoms with Crippen LogP contribution in [0.25, 0.3) is 0 Å². The number of H-pyrrole nitrogens is 1. The molecule has 1 amide bonds. The zero-order chi connectivity index (χ0) is 23.5. The summed E-state index contributed by atoms with van der Waals surface area (Å²) in [5.74, 6) is -0.640. The Bertz CT molecular complexity index is 1060. The van der Waals surface area contributed by atoms with Gasteiger partial charge in [0.25, 0.3) is 10.0 Å². The van der Waals surface area contributed by atoms with E-state index in [0.717, 1.165) is 4.31 Å². The Hall–Kier alpha value is -2.92. The first-order chi connectivity index (χ1) is 15.1. The van der Waals surface area contributed by atoms with E-state index in [-0.39, 0.29) is 29.8 Å². The van der Waals surface area contributed by atoms with Gasteiger partial charge in [-0.25, -0.2) is 18.2 Å². The minimum atomic E-state index is -3.94. The molecule has 0 unspecified atom stereocenters. The van der Waals surface area contributed by atoms with Crippen LogP contribution in [0.2, 0.25) is 0 Å². The predicted octanol–water partition coefficient (Wildman–Crippen LogP) is 1.26. The molecule has 1 aromatic carbocycles. The molecule has 11 heteroatoms. The van der Waals surface area contributed by atoms with Crippen LogP contribution in [0, 0.1) is 6.92 Å². The molecule has 10 nitrogen and oxygen atoms in total. The van der Waals surface area contributed by atoms with Crippen molar-refractivity contribution < 1.29 is 27.9 Å². The number of benzene rings is 1. The number of imidazole rings is 1. The molecule has 174 valence electrons. The number of carbonyl (C=O) groups excluding carboxylic acids is 2. The average Bonchev–Trinajstić information content (AvgIpc) is 3.38. The number of hydrogen-bond acceptors (Lipinski definition) is 7. The first-order valence-corrected chi connectivity index (χ1v) is 11.8. The molecular weight excluding hydrogens is 436 g/mol. The van der Waals surface area contributed by atoms with Crippen LogP contribution < -0.4 is 5.32 Å². The van der Waals surface area contributed by atoms with Gasteiger partial charge in [0.1, 0.15) is 23.7 Å². The highest BCUT2D eigenvalue weighted by Gasteiger charge is 2.41. The van der Waals surface area contributed by atoms with Crippen LogP contribution in [0.1, 0.15) is 38.1 Å². The lowest BCUT2D eigenvalue weighted by Gasteiger charge is -2.25. The van der Waals surface area contributed by atoms with Crippen LogP contribution in [0.3, 0.4) is 0 Å². The second kappa shape index (κ2) is 9.70. The number of ether oxygens (including phenoxy) is 1. The molecule has 1 aliphatic heterocycles. The van der Waals surface area contributed by atoms with Gasteiger partial charge in [-0.15, -0.1) is 0 Å². The fourth-order valence-corrected chi connectivity index (χ4v) is 5.21. The van der Waals surface area contributed by atoms with Gasteiger partial charge < -0.3 is 20.1 Å². The standard InChI is InChI=1S/C21H28N4O6S/c1-13(2)31-21(28)17(11-15-6-8-16(26)9-7-15)24-20(27)18-5-4-10-25(18)32(29,30)19-12-22-14(3)23-19/h6-9,12-13,17-18,26H,4-5,10-11H2,1-3H3,(H,22,23)(H,24,27)/t17-,18-/m0/s1. The number of nitrogens with zero attached hydrogens (tertiary/aromatic N) is 2. The first kappa shape index (κ1) is 23.7. The molecule has 1 fully saturated rings. The lowest BCUT2D eigenvalue weighted by atomic mass is 10.0. The molecule has 32 heavy (non-hydrogen) atoms. The number of amides is 1. The maximum atomic E-state index is 13.1. The minimum absolute atomic E-state index is 0.0745. The van der Waals surface area contributed by atoms with E-state index < -0.39 is 34.0 Å². The van der Waals surface area contributed by atoms with Crippen LogP contribution in [0.15, 0.2) is 35.5 Å². The molecule has 2 heterocycles. The Balaban J connectivity index is 1.79. The SMILES string of the molecule is Cc1ncc(S(=O)(=O)N2CCC[C@H]2C(=O)N[C@@H](Cc2ccc(O)cc2)C(=O)OC(C)C)[nH]1. The van der Waals surface area contributed by atoms with Gasteiger partial charge in [0.15, 0.2) is 5.03 Å². The van der Waals surface area contributed by atoms with Crippen LogP contribution in [-0.4, -0.2) is 64.4 Å². The number of rotatable bonds is 8. The molecule has 0 spiro atoms. The summed E-state index contributed by atoms with van der Waals surface area (Å²) in [5, 5.41) is 12.1. The fraction of sp³-hybridized carbons (Fsp3) is 0.476. The largest absolute Gasteiger partial charge is 0.508 e. The molecule has 0 bridgehead atoms. The molecule has 0 aliphatic carbocycles. The van der Waals surface area contributed by atoms with Gasteiger partial charge in [0.2, 0.25) is 5.91 Å². The van der Waals surface area contributed by atoms with E-state index in [4.69, 9.17) is 4.74 Å². The molecule has 1 saturated heterocycles. The zero-order valence-corrected chi connectivity index (χ0v) is 19.1. The van der Waals surface area contributed by atoms with Crippen molar-refractivity contribution in [2.24, 2.45) is 0 Å². The number of carbonyl (C=O) groups is 2. The van der Waals surface area contributed by atoms with E-state index in [2.05, 4.69) is 15.3 Å². The van der Waals surface area contributed by atoms with Crippen molar-refractivity contribution in [3.8, 4) is 5.75 Å². The Kier molecular flexibility index (Phi) is 7.19. The topological polar surface area (TPSA) is 142 Å². The number of phenols is 1. The number of aryl methyl sites for hydroxylation is 1. The van der Waals surface area contributed by atoms with Crippen molar-refractivity contribution in [2.45, 2.75) is 63.2 Å². The molecule has 2 aromatic rings. The minimum Gasteiger partial charge on any atom is -0.508 e. The second-order valence-electron chi connectivity index (χ2n) is 8.02. The summed E-state index contributed by atoms with van der Waals surface area (Å²) in [5.41, 5.74) is 0.706. The Morgan fingerprint density at radius 2 is 2.00 bits per heavy atom. The van der Waals surface area contributed by atoms with Crippen LogP contribution in [0.5, 0.6) is 5.75 Å². The lowest BCUT2D eigenvalue weighted by Crippen LogP contribution is -2.52. The Morgan fingerprint density at radius 1 is 1.31 bits per heavy atom. The van der Waals surface area contributed by atoms with Gasteiger partial charge in [0, 0.05) is 13.0 Å². The fourth-order valence-electron chi connectivity index (χ4n) is 3.59. The van der Waals surface area contributed by atoms with Crippen molar-refractivity contribution in [1.29, 1.82) is 0 Å². The van der Waals surface area contributed by atoms with Crippen LogP contribution >= 0.6 is 0 Å². The smallest absolute Gasteiger partial charge is 0.329 e. The van der Waals surface area contributed by atoms with Gasteiger partial charge in [-0.05, 0) is 51.3 Å². The van der Waals surface area contributed by atoms with Crippen LogP contribution in [0.4, 0.5) is 0 Å². The third kappa shape index (κ3) is 5.46. The summed E-state index contributed by atoms with van der Waals surface area (Å²) < 4.78 is 32.4. The Morgan fingerprint density at radius 3 is 2.59 bits per heavy atom. The second-order valence-corrected chi connectivity index (χ2v) is 9.88. The quantitative estimate of drug-likeness (QED) is 0.499. The molecule has 0 saturated carbocycles. The Labute approximate surface area is 187 Å². The predicted molar refractivity (Wildman–Crippen MR) is 115 cm³/mol. The maximum absolute atomic E-state index is 13.1. The summed E-state index contributed by atoms with van der Waals surface area (Å²) in [7, 11) is -3.94. The van der Waals surface area contributed by atoms with Gasteiger partial charge in [0.05, 0.1) is 12.3 Å². The zero-order valence-electron chi connectivity index (χ0n) is 18.2. The highest BCUT2D eigenvalue weighted by atomic mass is 32.2. The van der Waals surface area contributed by atoms with Crippen molar-refractivity contribution in [1.82, 2.24) is 19.6 Å². The van der Waals surface area contributed by atoms with Crippen molar-refractivity contribution >= 4 is 21.9 Å². The van der Waals surface area contributed by atoms with E-state index in [1.54, 1.807) is 32.9 Å². The van der Waals surface area contributed by atoms with Crippen molar-refractivity contribution in [3.63, 3.8) is 0 Å². The van der Waals surface area contributed by atoms with Crippen molar-refractivity contribution in [3.05, 3.63) is 41.9 Å². The summed E-state index contributed by atoms with van der Waals surface area (Å²) >= 11 is 0. The molecule has 1 aliphatic rings. The number of phenolic OH excluding ortho intramolecular Hbond substituents is 1. The third-order valence-electron chi connectivity index (χ3n) is 5.10. The van der Waals surface area contributed by atoms with Gasteiger partial charge in [-0.1, -0.05) is 12.1 Å².